The first-order valence-corrected chi connectivity index (χ1v) is 13.1. The lowest BCUT2D eigenvalue weighted by atomic mass is 10.1. The van der Waals surface area contributed by atoms with E-state index in [4.69, 9.17) is 28.7 Å². The van der Waals surface area contributed by atoms with Crippen LogP contribution in [0.15, 0.2) is 12.1 Å². The highest BCUT2D eigenvalue weighted by Crippen LogP contribution is 2.40. The summed E-state index contributed by atoms with van der Waals surface area (Å²) < 4.78 is 25.5. The van der Waals surface area contributed by atoms with Crippen LogP contribution in [0, 0.1) is 6.92 Å². The maximum Gasteiger partial charge on any atom is 0.150 e. The second-order valence-electron chi connectivity index (χ2n) is 9.36. The molecule has 6 heterocycles. The zero-order chi connectivity index (χ0) is 23.1. The number of aryl methyl sites for hydroxylation is 1. The molecule has 3 fully saturated rings. The number of anilines is 2. The van der Waals surface area contributed by atoms with Gasteiger partial charge in [-0.15, -0.1) is 0 Å². The molecule has 0 aliphatic carbocycles. The van der Waals surface area contributed by atoms with Crippen molar-refractivity contribution in [3.63, 3.8) is 0 Å². The van der Waals surface area contributed by atoms with E-state index in [0.29, 0.717) is 6.61 Å². The molecule has 3 aromatic rings. The first-order valence-electron chi connectivity index (χ1n) is 12.3. The van der Waals surface area contributed by atoms with Gasteiger partial charge in [-0.3, -0.25) is 0 Å². The van der Waals surface area contributed by atoms with E-state index < -0.39 is 0 Å². The summed E-state index contributed by atoms with van der Waals surface area (Å²) in [5, 5.41) is 4.81. The number of rotatable bonds is 4. The third-order valence-electron chi connectivity index (χ3n) is 6.94. The molecular formula is C24H32N6O3S. The van der Waals surface area contributed by atoms with E-state index in [1.165, 1.54) is 17.2 Å². The zero-order valence-electron chi connectivity index (χ0n) is 19.9. The summed E-state index contributed by atoms with van der Waals surface area (Å²) in [6, 6.07) is 4.63. The minimum absolute atomic E-state index is 0.0460. The van der Waals surface area contributed by atoms with Gasteiger partial charge < -0.3 is 24.0 Å². The Bertz CT molecular complexity index is 1150. The largest absolute Gasteiger partial charge is 0.378 e. The monoisotopic (exact) mass is 484 g/mol. The molecule has 0 radical (unpaired) electrons. The van der Waals surface area contributed by atoms with E-state index >= 15 is 0 Å². The quantitative estimate of drug-likeness (QED) is 0.556. The number of fused-ring (bicyclic) bond motifs is 1. The van der Waals surface area contributed by atoms with E-state index in [1.54, 1.807) is 0 Å². The smallest absolute Gasteiger partial charge is 0.150 e. The van der Waals surface area contributed by atoms with Crippen LogP contribution in [-0.2, 0) is 14.2 Å². The second-order valence-corrected chi connectivity index (χ2v) is 10.1. The van der Waals surface area contributed by atoms with Crippen LogP contribution in [0.1, 0.15) is 38.1 Å². The van der Waals surface area contributed by atoms with Gasteiger partial charge in [-0.25, -0.2) is 9.67 Å². The molecular weight excluding hydrogens is 452 g/mol. The predicted molar refractivity (Wildman–Crippen MR) is 133 cm³/mol. The molecule has 0 saturated carbocycles. The maximum absolute atomic E-state index is 6.09. The van der Waals surface area contributed by atoms with Crippen LogP contribution in [0.3, 0.4) is 0 Å². The summed E-state index contributed by atoms with van der Waals surface area (Å²) in [4.78, 5) is 9.99. The highest BCUT2D eigenvalue weighted by Gasteiger charge is 2.28. The van der Waals surface area contributed by atoms with Gasteiger partial charge in [0.1, 0.15) is 17.0 Å². The molecule has 3 saturated heterocycles. The lowest BCUT2D eigenvalue weighted by Gasteiger charge is -2.35. The molecule has 0 bridgehead atoms. The van der Waals surface area contributed by atoms with Crippen molar-refractivity contribution in [2.24, 2.45) is 0 Å². The summed E-state index contributed by atoms with van der Waals surface area (Å²) in [7, 11) is 0. The number of pyridine rings is 1. The van der Waals surface area contributed by atoms with E-state index in [2.05, 4.69) is 28.9 Å². The molecule has 6 rings (SSSR count). The molecule has 9 nitrogen and oxygen atoms in total. The molecule has 34 heavy (non-hydrogen) atoms. The Morgan fingerprint density at radius 2 is 1.88 bits per heavy atom. The van der Waals surface area contributed by atoms with E-state index in [0.717, 1.165) is 98.4 Å². The fraction of sp³-hybridized carbons (Fsp3) is 0.625. The molecule has 0 amide bonds. The van der Waals surface area contributed by atoms with Crippen LogP contribution < -0.4 is 9.80 Å². The van der Waals surface area contributed by atoms with Gasteiger partial charge in [0.2, 0.25) is 0 Å². The zero-order valence-corrected chi connectivity index (χ0v) is 20.7. The SMILES string of the molecule is Cc1cc(-c2nsc3c(N4CCOCC4)cc(N4CCOC[C@H]4C)nc23)n(C2CCCCO2)n1. The van der Waals surface area contributed by atoms with Gasteiger partial charge in [0.15, 0.2) is 6.23 Å². The van der Waals surface area contributed by atoms with Gasteiger partial charge in [0.25, 0.3) is 0 Å². The van der Waals surface area contributed by atoms with Gasteiger partial charge in [0.05, 0.1) is 54.2 Å². The molecule has 3 aromatic heterocycles. The molecule has 1 unspecified atom stereocenters. The Labute approximate surface area is 203 Å². The number of hydrogen-bond donors (Lipinski definition) is 0. The molecule has 0 aromatic carbocycles. The Kier molecular flexibility index (Phi) is 6.15. The van der Waals surface area contributed by atoms with Crippen molar-refractivity contribution in [2.75, 3.05) is 62.5 Å². The van der Waals surface area contributed by atoms with E-state index in [9.17, 15) is 0 Å². The fourth-order valence-corrected chi connectivity index (χ4v) is 6.02. The summed E-state index contributed by atoms with van der Waals surface area (Å²) in [6.45, 7) is 10.5. The molecule has 3 aliphatic heterocycles. The van der Waals surface area contributed by atoms with Crippen LogP contribution in [0.5, 0.6) is 0 Å². The minimum atomic E-state index is -0.0460. The Morgan fingerprint density at radius 1 is 1.03 bits per heavy atom. The maximum atomic E-state index is 6.09. The third-order valence-corrected chi connectivity index (χ3v) is 7.79. The van der Waals surface area contributed by atoms with Crippen LogP contribution in [0.2, 0.25) is 0 Å². The third kappa shape index (κ3) is 4.06. The molecule has 10 heteroatoms. The van der Waals surface area contributed by atoms with Crippen molar-refractivity contribution in [2.45, 2.75) is 45.4 Å². The average molecular weight is 485 g/mol. The molecule has 0 spiro atoms. The highest BCUT2D eigenvalue weighted by atomic mass is 32.1. The number of hydrogen-bond acceptors (Lipinski definition) is 9. The van der Waals surface area contributed by atoms with Gasteiger partial charge in [-0.1, -0.05) is 0 Å². The van der Waals surface area contributed by atoms with Gasteiger partial charge >= 0.3 is 0 Å². The van der Waals surface area contributed by atoms with Crippen molar-refractivity contribution >= 4 is 33.3 Å². The second kappa shape index (κ2) is 9.41. The van der Waals surface area contributed by atoms with Crippen molar-refractivity contribution < 1.29 is 14.2 Å². The van der Waals surface area contributed by atoms with E-state index in [-0.39, 0.29) is 12.3 Å². The van der Waals surface area contributed by atoms with Crippen molar-refractivity contribution in [1.82, 2.24) is 19.1 Å². The normalized spacial score (nSPS) is 24.2. The van der Waals surface area contributed by atoms with Crippen LogP contribution in [0.25, 0.3) is 21.6 Å². The molecule has 2 atom stereocenters. The van der Waals surface area contributed by atoms with Crippen molar-refractivity contribution in [3.8, 4) is 11.4 Å². The van der Waals surface area contributed by atoms with Crippen LogP contribution in [0.4, 0.5) is 11.5 Å². The van der Waals surface area contributed by atoms with Crippen LogP contribution >= 0.6 is 11.5 Å². The Balaban J connectivity index is 1.49. The lowest BCUT2D eigenvalue weighted by Crippen LogP contribution is -2.44. The fourth-order valence-electron chi connectivity index (χ4n) is 5.14. The topological polar surface area (TPSA) is 77.8 Å². The number of morpholine rings is 2. The van der Waals surface area contributed by atoms with Crippen molar-refractivity contribution in [1.29, 1.82) is 0 Å². The molecule has 0 N–H and O–H groups in total. The predicted octanol–water partition coefficient (Wildman–Crippen LogP) is 3.62. The van der Waals surface area contributed by atoms with Gasteiger partial charge in [-0.2, -0.15) is 9.47 Å². The van der Waals surface area contributed by atoms with Crippen LogP contribution in [-0.4, -0.2) is 77.8 Å². The van der Waals surface area contributed by atoms with Gasteiger partial charge in [-0.05, 0) is 50.7 Å². The summed E-state index contributed by atoms with van der Waals surface area (Å²) >= 11 is 1.53. The minimum Gasteiger partial charge on any atom is -0.378 e. The Morgan fingerprint density at radius 3 is 2.68 bits per heavy atom. The van der Waals surface area contributed by atoms with E-state index in [1.807, 2.05) is 11.6 Å². The standard InChI is InChI=1S/C24H32N6O3S/c1-16-13-18(30(26-16)21-5-3-4-9-33-21)22-23-24(34-27-22)19(28-6-10-31-11-7-28)14-20(25-23)29-8-12-32-15-17(29)2/h13-14,17,21H,3-12,15H2,1-2H3/t17-,21?/m1/s1. The summed E-state index contributed by atoms with van der Waals surface area (Å²) in [5.74, 6) is 0.989. The highest BCUT2D eigenvalue weighted by molar-refractivity contribution is 7.14. The number of aromatic nitrogens is 4. The van der Waals surface area contributed by atoms with Crippen molar-refractivity contribution in [3.05, 3.63) is 17.8 Å². The lowest BCUT2D eigenvalue weighted by molar-refractivity contribution is -0.0385. The first kappa shape index (κ1) is 22.2. The average Bonchev–Trinajstić information content (AvgIpc) is 3.48. The summed E-state index contributed by atoms with van der Waals surface area (Å²) in [6.07, 6.45) is 3.19. The number of nitrogens with zero attached hydrogens (tertiary/aromatic N) is 6. The van der Waals surface area contributed by atoms with Gasteiger partial charge in [0, 0.05) is 32.3 Å². The first-order chi connectivity index (χ1) is 16.7. The molecule has 3 aliphatic rings. The molecule has 182 valence electrons. The Hall–Kier alpha value is -2.27. The summed E-state index contributed by atoms with van der Waals surface area (Å²) in [5.41, 5.74) is 4.99. The number of ether oxygens (including phenoxy) is 3.